The SMILES string of the molecule is O=C1C(=Cc2ccccc2)N=C(Oc2ccc(Cl)cc2)N1c1ccccc1. The van der Waals surface area contributed by atoms with Gasteiger partial charge in [-0.2, -0.15) is 4.99 Å². The largest absolute Gasteiger partial charge is 0.425 e. The predicted octanol–water partition coefficient (Wildman–Crippen LogP) is 5.16. The van der Waals surface area contributed by atoms with Crippen LogP contribution < -0.4 is 9.64 Å². The van der Waals surface area contributed by atoms with Crippen molar-refractivity contribution in [2.45, 2.75) is 0 Å². The van der Waals surface area contributed by atoms with E-state index < -0.39 is 0 Å². The zero-order valence-electron chi connectivity index (χ0n) is 14.2. The van der Waals surface area contributed by atoms with E-state index in [1.165, 1.54) is 4.90 Å². The van der Waals surface area contributed by atoms with Gasteiger partial charge in [-0.25, -0.2) is 4.90 Å². The summed E-state index contributed by atoms with van der Waals surface area (Å²) in [5, 5.41) is 0.608. The highest BCUT2D eigenvalue weighted by molar-refractivity contribution is 6.30. The van der Waals surface area contributed by atoms with Crippen LogP contribution in [0.3, 0.4) is 0 Å². The van der Waals surface area contributed by atoms with E-state index >= 15 is 0 Å². The maximum atomic E-state index is 13.0. The number of ether oxygens (including phenoxy) is 1. The molecule has 0 aliphatic carbocycles. The first-order chi connectivity index (χ1) is 13.2. The van der Waals surface area contributed by atoms with Gasteiger partial charge in [-0.05, 0) is 48.0 Å². The van der Waals surface area contributed by atoms with Crippen LogP contribution in [0.25, 0.3) is 6.08 Å². The summed E-state index contributed by atoms with van der Waals surface area (Å²) in [6, 6.07) is 26.0. The van der Waals surface area contributed by atoms with Crippen molar-refractivity contribution in [3.63, 3.8) is 0 Å². The number of anilines is 1. The second-order valence-corrected chi connectivity index (χ2v) is 6.30. The molecule has 1 amide bonds. The molecule has 1 heterocycles. The van der Waals surface area contributed by atoms with E-state index in [1.54, 1.807) is 30.3 Å². The van der Waals surface area contributed by atoms with E-state index in [2.05, 4.69) is 4.99 Å². The standard InChI is InChI=1S/C22H15ClN2O2/c23-17-11-13-19(14-12-17)27-22-24-20(15-16-7-3-1-4-8-16)21(26)25(22)18-9-5-2-6-10-18/h1-15H. The highest BCUT2D eigenvalue weighted by Crippen LogP contribution is 2.27. The Hall–Kier alpha value is -3.37. The summed E-state index contributed by atoms with van der Waals surface area (Å²) in [6.07, 6.45) is 1.75. The zero-order valence-corrected chi connectivity index (χ0v) is 15.0. The summed E-state index contributed by atoms with van der Waals surface area (Å²) in [4.78, 5) is 18.9. The summed E-state index contributed by atoms with van der Waals surface area (Å²) in [6.45, 7) is 0. The summed E-state index contributed by atoms with van der Waals surface area (Å²) in [5.74, 6) is 0.307. The molecule has 0 spiro atoms. The maximum absolute atomic E-state index is 13.0. The van der Waals surface area contributed by atoms with Crippen molar-refractivity contribution >= 4 is 35.3 Å². The third-order valence-electron chi connectivity index (χ3n) is 3.97. The van der Waals surface area contributed by atoms with E-state index in [-0.39, 0.29) is 11.9 Å². The number of carbonyl (C=O) groups is 1. The third kappa shape index (κ3) is 3.76. The third-order valence-corrected chi connectivity index (χ3v) is 4.22. The van der Waals surface area contributed by atoms with Crippen LogP contribution in [0.15, 0.2) is 95.6 Å². The van der Waals surface area contributed by atoms with Gasteiger partial charge < -0.3 is 4.74 Å². The van der Waals surface area contributed by atoms with Gasteiger partial charge in [0.2, 0.25) is 0 Å². The van der Waals surface area contributed by atoms with Crippen molar-refractivity contribution in [1.82, 2.24) is 0 Å². The average molecular weight is 375 g/mol. The number of nitrogens with zero attached hydrogens (tertiary/aromatic N) is 2. The Morgan fingerprint density at radius 3 is 2.15 bits per heavy atom. The number of halogens is 1. The first-order valence-electron chi connectivity index (χ1n) is 8.39. The van der Waals surface area contributed by atoms with Crippen LogP contribution in [0.5, 0.6) is 5.75 Å². The molecule has 0 radical (unpaired) electrons. The van der Waals surface area contributed by atoms with Gasteiger partial charge in [0.15, 0.2) is 0 Å². The highest BCUT2D eigenvalue weighted by atomic mass is 35.5. The molecule has 4 nitrogen and oxygen atoms in total. The number of amidine groups is 1. The molecule has 4 rings (SSSR count). The van der Waals surface area contributed by atoms with E-state index in [9.17, 15) is 4.79 Å². The van der Waals surface area contributed by atoms with Crippen molar-refractivity contribution in [2.24, 2.45) is 4.99 Å². The average Bonchev–Trinajstić information content (AvgIpc) is 3.00. The molecular formula is C22H15ClN2O2. The quantitative estimate of drug-likeness (QED) is 0.594. The summed E-state index contributed by atoms with van der Waals surface area (Å²) in [5.41, 5.74) is 1.89. The molecule has 3 aromatic carbocycles. The number of carbonyl (C=O) groups excluding carboxylic acids is 1. The number of amides is 1. The van der Waals surface area contributed by atoms with E-state index in [0.29, 0.717) is 22.2 Å². The first kappa shape index (κ1) is 17.1. The molecule has 5 heteroatoms. The zero-order chi connectivity index (χ0) is 18.6. The lowest BCUT2D eigenvalue weighted by Crippen LogP contribution is -2.35. The Balaban J connectivity index is 1.73. The lowest BCUT2D eigenvalue weighted by molar-refractivity contribution is -0.113. The van der Waals surface area contributed by atoms with Crippen LogP contribution in [0.2, 0.25) is 5.02 Å². The molecule has 0 saturated heterocycles. The second-order valence-electron chi connectivity index (χ2n) is 5.87. The fraction of sp³-hybridized carbons (Fsp3) is 0. The van der Waals surface area contributed by atoms with Gasteiger partial charge in [0.1, 0.15) is 11.4 Å². The van der Waals surface area contributed by atoms with Gasteiger partial charge in [0.05, 0.1) is 5.69 Å². The normalized spacial score (nSPS) is 15.1. The number of para-hydroxylation sites is 1. The van der Waals surface area contributed by atoms with Crippen molar-refractivity contribution < 1.29 is 9.53 Å². The van der Waals surface area contributed by atoms with Gasteiger partial charge in [0.25, 0.3) is 5.91 Å². The lowest BCUT2D eigenvalue weighted by atomic mass is 10.2. The summed E-state index contributed by atoms with van der Waals surface area (Å²) in [7, 11) is 0. The lowest BCUT2D eigenvalue weighted by Gasteiger charge is -2.17. The molecule has 27 heavy (non-hydrogen) atoms. The molecule has 132 valence electrons. The van der Waals surface area contributed by atoms with Gasteiger partial charge in [-0.15, -0.1) is 0 Å². The Labute approximate surface area is 162 Å². The maximum Gasteiger partial charge on any atom is 0.310 e. The van der Waals surface area contributed by atoms with Crippen LogP contribution in [-0.2, 0) is 4.79 Å². The van der Waals surface area contributed by atoms with E-state index in [4.69, 9.17) is 16.3 Å². The second kappa shape index (κ2) is 7.48. The molecule has 0 atom stereocenters. The molecule has 0 fully saturated rings. The minimum Gasteiger partial charge on any atom is -0.425 e. The minimum absolute atomic E-state index is 0.204. The first-order valence-corrected chi connectivity index (χ1v) is 8.77. The molecule has 0 aromatic heterocycles. The number of rotatable bonds is 3. The van der Waals surface area contributed by atoms with Crippen LogP contribution in [0, 0.1) is 0 Å². The van der Waals surface area contributed by atoms with E-state index in [1.807, 2.05) is 60.7 Å². The number of hydrogen-bond acceptors (Lipinski definition) is 3. The Kier molecular flexibility index (Phi) is 4.73. The molecule has 3 aromatic rings. The van der Waals surface area contributed by atoms with Gasteiger partial charge in [-0.3, -0.25) is 4.79 Å². The van der Waals surface area contributed by atoms with Crippen LogP contribution in [0.4, 0.5) is 5.69 Å². The number of hydrogen-bond donors (Lipinski definition) is 0. The van der Waals surface area contributed by atoms with Crippen molar-refractivity contribution in [3.05, 3.63) is 101 Å². The Morgan fingerprint density at radius 2 is 1.48 bits per heavy atom. The van der Waals surface area contributed by atoms with Gasteiger partial charge >= 0.3 is 6.02 Å². The molecule has 1 aliphatic rings. The van der Waals surface area contributed by atoms with Crippen molar-refractivity contribution in [2.75, 3.05) is 4.90 Å². The summed E-state index contributed by atoms with van der Waals surface area (Å²) >= 11 is 5.93. The molecule has 0 unspecified atom stereocenters. The van der Waals surface area contributed by atoms with Crippen LogP contribution >= 0.6 is 11.6 Å². The molecule has 0 saturated carbocycles. The Bertz CT molecular complexity index is 1010. The number of aliphatic imine (C=N–C) groups is 1. The molecule has 0 bridgehead atoms. The molecule has 0 N–H and O–H groups in total. The van der Waals surface area contributed by atoms with Crippen LogP contribution in [-0.4, -0.2) is 11.9 Å². The van der Waals surface area contributed by atoms with Crippen LogP contribution in [0.1, 0.15) is 5.56 Å². The minimum atomic E-state index is -0.242. The topological polar surface area (TPSA) is 41.9 Å². The van der Waals surface area contributed by atoms with Crippen molar-refractivity contribution in [1.29, 1.82) is 0 Å². The monoisotopic (exact) mass is 374 g/mol. The number of benzene rings is 3. The fourth-order valence-corrected chi connectivity index (χ4v) is 2.81. The fourth-order valence-electron chi connectivity index (χ4n) is 2.68. The van der Waals surface area contributed by atoms with Gasteiger partial charge in [-0.1, -0.05) is 60.1 Å². The Morgan fingerprint density at radius 1 is 0.852 bits per heavy atom. The van der Waals surface area contributed by atoms with E-state index in [0.717, 1.165) is 5.56 Å². The summed E-state index contributed by atoms with van der Waals surface area (Å²) < 4.78 is 5.89. The smallest absolute Gasteiger partial charge is 0.310 e. The van der Waals surface area contributed by atoms with Crippen molar-refractivity contribution in [3.8, 4) is 5.75 Å². The molecule has 1 aliphatic heterocycles. The molecular weight excluding hydrogens is 360 g/mol. The van der Waals surface area contributed by atoms with Gasteiger partial charge in [0, 0.05) is 5.02 Å². The highest BCUT2D eigenvalue weighted by Gasteiger charge is 2.33. The predicted molar refractivity (Wildman–Crippen MR) is 108 cm³/mol.